The number of hydrogen-bond donors (Lipinski definition) is 0. The lowest BCUT2D eigenvalue weighted by molar-refractivity contribution is -0.385. The number of benzene rings is 5. The van der Waals surface area contributed by atoms with Crippen LogP contribution in [0.25, 0.3) is 0 Å². The second-order valence-electron chi connectivity index (χ2n) is 10.7. The molecule has 0 aromatic heterocycles. The van der Waals surface area contributed by atoms with Crippen LogP contribution in [-0.4, -0.2) is 12.0 Å². The lowest BCUT2D eigenvalue weighted by Gasteiger charge is -2.12. The van der Waals surface area contributed by atoms with Gasteiger partial charge in [0.1, 0.15) is 5.75 Å². The van der Waals surface area contributed by atoms with E-state index in [0.29, 0.717) is 17.7 Å². The molecule has 0 aliphatic heterocycles. The van der Waals surface area contributed by atoms with Crippen LogP contribution in [0.2, 0.25) is 10.0 Å². The Hall–Kier alpha value is -4.54. The molecule has 268 valence electrons. The summed E-state index contributed by atoms with van der Waals surface area (Å²) in [6, 6.07) is 31.6. The number of nitrogens with zero attached hydrogens (tertiary/aromatic N) is 1. The maximum absolute atomic E-state index is 12.2. The molecule has 0 amide bonds. The van der Waals surface area contributed by atoms with E-state index in [-0.39, 0.29) is 22.2 Å². The van der Waals surface area contributed by atoms with Crippen molar-refractivity contribution in [2.75, 3.05) is 7.11 Å². The standard InChI is InChI=1S/C9H6F6.C8H10O.2C7H7Cl.C7H7NO2/c1-5-2-6(8(10,11)12)4-7(3-5)9(13,14)15;1-7-5-3-4-6-8(7)9-2;1-6-2-4-7(8)5-3-6;1-6-3-2-4-7(8)5-6;1-6-4-2-3-5-7(6)8(9)10/h2-4H,1H3;3-6H,1-2H3;2*2-5H,1H3;2-5H,1H3. The first-order valence-electron chi connectivity index (χ1n) is 14.7. The Kier molecular flexibility index (Phi) is 18.1. The number of nitro benzene ring substituents is 1. The molecule has 50 heavy (non-hydrogen) atoms. The van der Waals surface area contributed by atoms with Crippen molar-refractivity contribution in [1.82, 2.24) is 0 Å². The predicted octanol–water partition coefficient (Wildman–Crippen LogP) is 13.2. The second kappa shape index (κ2) is 20.9. The van der Waals surface area contributed by atoms with Crippen LogP contribution in [0.4, 0.5) is 32.0 Å². The smallest absolute Gasteiger partial charge is 0.416 e. The van der Waals surface area contributed by atoms with Gasteiger partial charge in [-0.25, -0.2) is 0 Å². The summed E-state index contributed by atoms with van der Waals surface area (Å²) in [6.45, 7) is 8.99. The quantitative estimate of drug-likeness (QED) is 0.103. The van der Waals surface area contributed by atoms with Gasteiger partial charge in [-0.1, -0.05) is 89.4 Å². The Morgan fingerprint density at radius 1 is 0.560 bits per heavy atom. The van der Waals surface area contributed by atoms with Crippen molar-refractivity contribution in [3.63, 3.8) is 0 Å². The van der Waals surface area contributed by atoms with Crippen molar-refractivity contribution in [3.05, 3.63) is 174 Å². The molecule has 0 heterocycles. The summed E-state index contributed by atoms with van der Waals surface area (Å²) in [6.07, 6.45) is -9.52. The summed E-state index contributed by atoms with van der Waals surface area (Å²) < 4.78 is 78.1. The van der Waals surface area contributed by atoms with Gasteiger partial charge in [-0.05, 0) is 99.8 Å². The van der Waals surface area contributed by atoms with Crippen molar-refractivity contribution < 1.29 is 36.0 Å². The molecule has 5 aromatic carbocycles. The van der Waals surface area contributed by atoms with E-state index < -0.39 is 23.5 Å². The molecule has 5 rings (SSSR count). The molecular formula is C38H37Cl2F6NO3. The fraction of sp³-hybridized carbons (Fsp3) is 0.211. The minimum atomic E-state index is -4.76. The van der Waals surface area contributed by atoms with E-state index in [1.807, 2.05) is 93.6 Å². The number of aryl methyl sites for hydroxylation is 5. The Morgan fingerprint density at radius 3 is 1.40 bits per heavy atom. The first-order valence-corrected chi connectivity index (χ1v) is 15.5. The monoisotopic (exact) mass is 739 g/mol. The molecule has 0 N–H and O–H groups in total. The number of alkyl halides is 6. The molecule has 0 fully saturated rings. The van der Waals surface area contributed by atoms with Gasteiger partial charge in [0.2, 0.25) is 0 Å². The van der Waals surface area contributed by atoms with Crippen molar-refractivity contribution in [2.45, 2.75) is 47.0 Å². The Bertz CT molecular complexity index is 1710. The van der Waals surface area contributed by atoms with Crippen molar-refractivity contribution >= 4 is 28.9 Å². The van der Waals surface area contributed by atoms with Crippen LogP contribution in [0.15, 0.2) is 115 Å². The van der Waals surface area contributed by atoms with Crippen LogP contribution in [0.1, 0.15) is 38.9 Å². The van der Waals surface area contributed by atoms with Crippen LogP contribution >= 0.6 is 23.2 Å². The summed E-state index contributed by atoms with van der Waals surface area (Å²) in [5.41, 5.74) is 1.88. The van der Waals surface area contributed by atoms with Gasteiger partial charge in [0, 0.05) is 21.7 Å². The van der Waals surface area contributed by atoms with E-state index in [2.05, 4.69) is 0 Å². The molecule has 0 atom stereocenters. The van der Waals surface area contributed by atoms with Gasteiger partial charge in [0.05, 0.1) is 23.2 Å². The number of para-hydroxylation sites is 2. The first-order chi connectivity index (χ1) is 23.2. The zero-order valence-electron chi connectivity index (χ0n) is 28.2. The van der Waals surface area contributed by atoms with Crippen molar-refractivity contribution in [1.29, 1.82) is 0 Å². The van der Waals surface area contributed by atoms with Gasteiger partial charge < -0.3 is 4.74 Å². The number of halogens is 8. The maximum atomic E-state index is 12.2. The van der Waals surface area contributed by atoms with E-state index in [9.17, 15) is 36.5 Å². The van der Waals surface area contributed by atoms with E-state index in [1.165, 1.54) is 29.7 Å². The fourth-order valence-corrected chi connectivity index (χ4v) is 4.17. The van der Waals surface area contributed by atoms with Crippen LogP contribution in [-0.2, 0) is 12.4 Å². The van der Waals surface area contributed by atoms with E-state index in [4.69, 9.17) is 27.9 Å². The van der Waals surface area contributed by atoms with Crippen LogP contribution < -0.4 is 4.74 Å². The molecule has 4 nitrogen and oxygen atoms in total. The molecule has 0 aliphatic carbocycles. The van der Waals surface area contributed by atoms with Crippen LogP contribution in [0, 0.1) is 44.7 Å². The third kappa shape index (κ3) is 17.2. The SMILES string of the molecule is COc1ccccc1C.Cc1cc(C(F)(F)F)cc(C(F)(F)F)c1.Cc1ccc(Cl)cc1.Cc1cccc(Cl)c1.Cc1ccccc1[N+](=O)[O-]. The number of hydrogen-bond acceptors (Lipinski definition) is 3. The van der Waals surface area contributed by atoms with E-state index >= 15 is 0 Å². The molecule has 0 unspecified atom stereocenters. The van der Waals surface area contributed by atoms with Crippen molar-refractivity contribution in [2.24, 2.45) is 0 Å². The Labute approximate surface area is 298 Å². The third-order valence-electron chi connectivity index (χ3n) is 6.35. The minimum Gasteiger partial charge on any atom is -0.496 e. The lowest BCUT2D eigenvalue weighted by Crippen LogP contribution is -2.11. The van der Waals surface area contributed by atoms with Gasteiger partial charge in [-0.3, -0.25) is 10.1 Å². The highest BCUT2D eigenvalue weighted by molar-refractivity contribution is 6.30. The molecular weight excluding hydrogens is 703 g/mol. The van der Waals surface area contributed by atoms with Gasteiger partial charge in [0.15, 0.2) is 0 Å². The topological polar surface area (TPSA) is 52.4 Å². The summed E-state index contributed by atoms with van der Waals surface area (Å²) >= 11 is 11.3. The average Bonchev–Trinajstić information content (AvgIpc) is 3.03. The van der Waals surface area contributed by atoms with E-state index in [1.54, 1.807) is 32.2 Å². The molecule has 5 aromatic rings. The molecule has 12 heteroatoms. The largest absolute Gasteiger partial charge is 0.496 e. The zero-order chi connectivity index (χ0) is 38.1. The maximum Gasteiger partial charge on any atom is 0.416 e. The third-order valence-corrected chi connectivity index (χ3v) is 6.84. The van der Waals surface area contributed by atoms with Gasteiger partial charge in [0.25, 0.3) is 5.69 Å². The molecule has 0 radical (unpaired) electrons. The molecule has 0 saturated carbocycles. The number of methoxy groups -OCH3 is 1. The highest BCUT2D eigenvalue weighted by atomic mass is 35.5. The molecule has 0 saturated heterocycles. The summed E-state index contributed by atoms with van der Waals surface area (Å²) in [5, 5.41) is 11.8. The highest BCUT2D eigenvalue weighted by Gasteiger charge is 2.36. The average molecular weight is 741 g/mol. The number of rotatable bonds is 2. The summed E-state index contributed by atoms with van der Waals surface area (Å²) in [4.78, 5) is 9.85. The normalized spacial score (nSPS) is 10.4. The summed E-state index contributed by atoms with van der Waals surface area (Å²) in [5.74, 6) is 0.956. The Morgan fingerprint density at radius 2 is 1.06 bits per heavy atom. The first kappa shape index (κ1) is 43.5. The highest BCUT2D eigenvalue weighted by Crippen LogP contribution is 2.36. The second-order valence-corrected chi connectivity index (χ2v) is 11.6. The number of nitro groups is 1. The minimum absolute atomic E-state index is 0.0721. The van der Waals surface area contributed by atoms with Gasteiger partial charge >= 0.3 is 12.4 Å². The zero-order valence-corrected chi connectivity index (χ0v) is 29.7. The van der Waals surface area contributed by atoms with Crippen LogP contribution in [0.3, 0.4) is 0 Å². The predicted molar refractivity (Wildman–Crippen MR) is 189 cm³/mol. The van der Waals surface area contributed by atoms with Crippen molar-refractivity contribution in [3.8, 4) is 5.75 Å². The fourth-order valence-electron chi connectivity index (χ4n) is 3.80. The van der Waals surface area contributed by atoms with E-state index in [0.717, 1.165) is 15.8 Å². The summed E-state index contributed by atoms with van der Waals surface area (Å²) in [7, 11) is 1.68. The van der Waals surface area contributed by atoms with Gasteiger partial charge in [-0.15, -0.1) is 0 Å². The van der Waals surface area contributed by atoms with Gasteiger partial charge in [-0.2, -0.15) is 26.3 Å². The number of ether oxygens (including phenoxy) is 1. The molecule has 0 bridgehead atoms. The van der Waals surface area contributed by atoms with Crippen LogP contribution in [0.5, 0.6) is 5.75 Å². The Balaban J connectivity index is 0.000000320. The molecule has 0 aliphatic rings. The lowest BCUT2D eigenvalue weighted by atomic mass is 10.1. The molecule has 0 spiro atoms.